The summed E-state index contributed by atoms with van der Waals surface area (Å²) >= 11 is 4.88. The second-order valence-corrected chi connectivity index (χ2v) is 20.3. The van der Waals surface area contributed by atoms with Gasteiger partial charge in [0.25, 0.3) is 23.6 Å². The van der Waals surface area contributed by atoms with E-state index in [1.165, 1.54) is 0 Å². The molecule has 4 aromatic carbocycles. The second-order valence-electron chi connectivity index (χ2n) is 17.4. The Labute approximate surface area is 391 Å². The Morgan fingerprint density at radius 1 is 0.485 bits per heavy atom. The number of carbonyl (C=O) groups excluding carboxylic acids is 4. The molecular weight excluding hydrogens is 881 g/mol. The van der Waals surface area contributed by atoms with Crippen LogP contribution in [-0.4, -0.2) is 110 Å². The Hall–Kier alpha value is -7.19. The van der Waals surface area contributed by atoms with Gasteiger partial charge in [-0.3, -0.25) is 19.2 Å². The van der Waals surface area contributed by atoms with Crippen molar-refractivity contribution in [3.05, 3.63) is 150 Å². The third-order valence-corrected chi connectivity index (χ3v) is 15.3. The van der Waals surface area contributed by atoms with Gasteiger partial charge in [0, 0.05) is 121 Å². The van der Waals surface area contributed by atoms with E-state index < -0.39 is 0 Å². The molecule has 0 bridgehead atoms. The summed E-state index contributed by atoms with van der Waals surface area (Å²) in [6.45, 7) is 0. The minimum Gasteiger partial charge on any atom is -0.353 e. The Morgan fingerprint density at radius 3 is 1.45 bits per heavy atom. The molecule has 0 fully saturated rings. The maximum Gasteiger partial charge on any atom is 0.253 e. The molecule has 2 aliphatic carbocycles. The zero-order valence-corrected chi connectivity index (χ0v) is 39.9. The van der Waals surface area contributed by atoms with E-state index in [-0.39, 0.29) is 23.6 Å². The summed E-state index contributed by atoms with van der Waals surface area (Å²) in [5, 5.41) is 13.6. The van der Waals surface area contributed by atoms with Crippen LogP contribution in [0.4, 0.5) is 0 Å². The van der Waals surface area contributed by atoms with Crippen molar-refractivity contribution in [2.45, 2.75) is 0 Å². The number of nitrogens with zero attached hydrogens (tertiary/aromatic N) is 5. The van der Waals surface area contributed by atoms with Gasteiger partial charge in [-0.25, -0.2) is 4.98 Å². The SMILES string of the molecule is CN(C)C(=O)c1ccc2c3c(ccc(C(=O)N(C)C)c13)-c1c(-c3cccs3)[nH]c(/C(c3cccs3)=c3/nc(-c4cccs4)c4c5ccc(C(=O)N(C)C)c6c(C(=O)N(C)C)ccc(c3=4)c65)c1-2. The van der Waals surface area contributed by atoms with Crippen molar-refractivity contribution in [1.82, 2.24) is 29.6 Å². The lowest BCUT2D eigenvalue weighted by Crippen LogP contribution is -2.25. The van der Waals surface area contributed by atoms with Crippen molar-refractivity contribution < 1.29 is 19.2 Å². The average Bonchev–Trinajstić information content (AvgIpc) is 4.17. The van der Waals surface area contributed by atoms with Crippen LogP contribution in [0.15, 0.2) is 101 Å². The van der Waals surface area contributed by atoms with Crippen molar-refractivity contribution in [1.29, 1.82) is 0 Å². The van der Waals surface area contributed by atoms with E-state index in [0.717, 1.165) is 96.9 Å². The second kappa shape index (κ2) is 15.2. The van der Waals surface area contributed by atoms with E-state index in [0.29, 0.717) is 33.0 Å². The third-order valence-electron chi connectivity index (χ3n) is 12.7. The summed E-state index contributed by atoms with van der Waals surface area (Å²) < 4.78 is 0. The highest BCUT2D eigenvalue weighted by Crippen LogP contribution is 2.56. The minimum atomic E-state index is -0.191. The standard InChI is InChI=1S/C53H42N6O4S3/c1-56(2)50(60)30-19-15-26-37-28(17-21-32(39(30)37)52(62)58(5)6)43-41(26)46(35-13-10-24-65-35)54-48(43)45(34-12-9-23-64-34)49-44-29-18-22-33(53(63)59(7)8)40-31(51(61)57(3)4)20-16-27(38(29)40)42(44)47(55-49)36-14-11-25-66-36/h9-25,54H,1-8H3/b49-45+. The van der Waals surface area contributed by atoms with Crippen LogP contribution in [0.1, 0.15) is 52.0 Å². The van der Waals surface area contributed by atoms with Gasteiger partial charge in [-0.05, 0) is 91.3 Å². The number of nitrogens with one attached hydrogen (secondary N) is 1. The largest absolute Gasteiger partial charge is 0.353 e. The maximum absolute atomic E-state index is 14.0. The molecule has 0 saturated heterocycles. The fraction of sp³-hybridized carbons (Fsp3) is 0.151. The summed E-state index contributed by atoms with van der Waals surface area (Å²) in [6.07, 6.45) is 0. The molecule has 0 radical (unpaired) electrons. The van der Waals surface area contributed by atoms with Crippen molar-refractivity contribution >= 4 is 95.5 Å². The van der Waals surface area contributed by atoms with Crippen LogP contribution in [0.2, 0.25) is 0 Å². The number of hydrogen-bond donors (Lipinski definition) is 1. The molecule has 8 aromatic rings. The van der Waals surface area contributed by atoms with Crippen LogP contribution >= 0.6 is 34.0 Å². The summed E-state index contributed by atoms with van der Waals surface area (Å²) in [4.78, 5) is 75.0. The van der Waals surface area contributed by atoms with E-state index in [1.54, 1.807) is 110 Å². The van der Waals surface area contributed by atoms with Gasteiger partial charge >= 0.3 is 0 Å². The van der Waals surface area contributed by atoms with Crippen LogP contribution in [0.3, 0.4) is 0 Å². The first-order chi connectivity index (χ1) is 31.8. The van der Waals surface area contributed by atoms with E-state index in [2.05, 4.69) is 39.3 Å². The third kappa shape index (κ3) is 5.86. The van der Waals surface area contributed by atoms with Gasteiger partial charge in [0.1, 0.15) is 0 Å². The van der Waals surface area contributed by atoms with Crippen LogP contribution in [0.5, 0.6) is 0 Å². The number of aromatic nitrogens is 2. The lowest BCUT2D eigenvalue weighted by Gasteiger charge is -2.18. The number of fused-ring (bicyclic) bond motifs is 5. The molecule has 0 unspecified atom stereocenters. The Kier molecular flexibility index (Phi) is 9.56. The first-order valence-electron chi connectivity index (χ1n) is 21.3. The topological polar surface area (TPSA) is 110 Å². The van der Waals surface area contributed by atoms with Gasteiger partial charge in [0.2, 0.25) is 0 Å². The Morgan fingerprint density at radius 2 is 0.955 bits per heavy atom. The zero-order valence-electron chi connectivity index (χ0n) is 37.4. The molecule has 10 nitrogen and oxygen atoms in total. The highest BCUT2D eigenvalue weighted by atomic mass is 32.1. The van der Waals surface area contributed by atoms with E-state index in [1.807, 2.05) is 66.7 Å². The number of benzene rings is 4. The number of aromatic amines is 1. The molecule has 0 saturated carbocycles. The van der Waals surface area contributed by atoms with Gasteiger partial charge in [-0.15, -0.1) is 34.0 Å². The minimum absolute atomic E-state index is 0.188. The summed E-state index contributed by atoms with van der Waals surface area (Å²) in [5.41, 5.74) is 9.12. The van der Waals surface area contributed by atoms with E-state index in [9.17, 15) is 19.2 Å². The number of amides is 4. The van der Waals surface area contributed by atoms with Crippen molar-refractivity contribution in [2.75, 3.05) is 56.4 Å². The molecule has 1 N–H and O–H groups in total. The highest BCUT2D eigenvalue weighted by molar-refractivity contribution is 7.14. The van der Waals surface area contributed by atoms with Crippen LogP contribution < -0.4 is 5.35 Å². The smallest absolute Gasteiger partial charge is 0.253 e. The molecule has 326 valence electrons. The number of H-pyrrole nitrogens is 1. The molecule has 11 rings (SSSR count). The fourth-order valence-corrected chi connectivity index (χ4v) is 12.1. The lowest BCUT2D eigenvalue weighted by atomic mass is 9.92. The Bertz CT molecular complexity index is 3740. The van der Waals surface area contributed by atoms with Gasteiger partial charge < -0.3 is 24.6 Å². The molecule has 3 aliphatic rings. The van der Waals surface area contributed by atoms with Crippen LogP contribution in [-0.2, 0) is 0 Å². The van der Waals surface area contributed by atoms with Gasteiger partial charge in [-0.1, -0.05) is 42.5 Å². The maximum atomic E-state index is 14.0. The number of thiophene rings is 3. The highest BCUT2D eigenvalue weighted by Gasteiger charge is 2.36. The molecule has 5 heterocycles. The summed E-state index contributed by atoms with van der Waals surface area (Å²) in [7, 11) is 13.8. The first kappa shape index (κ1) is 41.5. The lowest BCUT2D eigenvalue weighted by molar-refractivity contribution is 0.0816. The zero-order chi connectivity index (χ0) is 46.0. The van der Waals surface area contributed by atoms with Crippen molar-refractivity contribution in [3.63, 3.8) is 0 Å². The predicted octanol–water partition coefficient (Wildman–Crippen LogP) is 9.97. The quantitative estimate of drug-likeness (QED) is 0.163. The number of hydrogen-bond acceptors (Lipinski definition) is 8. The van der Waals surface area contributed by atoms with Crippen molar-refractivity contribution in [2.24, 2.45) is 0 Å². The fourth-order valence-electron chi connectivity index (χ4n) is 9.87. The van der Waals surface area contributed by atoms with Crippen LogP contribution in [0, 0.1) is 10.4 Å². The monoisotopic (exact) mass is 922 g/mol. The first-order valence-corrected chi connectivity index (χ1v) is 24.0. The number of rotatable bonds is 8. The van der Waals surface area contributed by atoms with E-state index in [4.69, 9.17) is 4.98 Å². The predicted molar refractivity (Wildman–Crippen MR) is 268 cm³/mol. The molecule has 13 heteroatoms. The average molecular weight is 923 g/mol. The van der Waals surface area contributed by atoms with Crippen molar-refractivity contribution in [3.8, 4) is 43.4 Å². The van der Waals surface area contributed by atoms with E-state index >= 15 is 0 Å². The molecule has 4 amide bonds. The molecule has 0 spiro atoms. The Balaban J connectivity index is 1.35. The molecular formula is C53H42N6O4S3. The molecule has 66 heavy (non-hydrogen) atoms. The molecule has 0 atom stereocenters. The summed E-state index contributed by atoms with van der Waals surface area (Å²) in [5.74, 6) is -0.759. The van der Waals surface area contributed by atoms with Gasteiger partial charge in [-0.2, -0.15) is 0 Å². The summed E-state index contributed by atoms with van der Waals surface area (Å²) in [6, 6.07) is 28.0. The molecule has 4 aromatic heterocycles. The van der Waals surface area contributed by atoms with Gasteiger partial charge in [0.05, 0.1) is 32.2 Å². The normalized spacial score (nSPS) is 12.4. The van der Waals surface area contributed by atoms with Crippen LogP contribution in [0.25, 0.3) is 81.3 Å². The number of carbonyl (C=O) groups is 4. The van der Waals surface area contributed by atoms with Gasteiger partial charge in [0.15, 0.2) is 0 Å². The molecule has 1 aliphatic heterocycles.